The van der Waals surface area contributed by atoms with Crippen LogP contribution in [0.2, 0.25) is 0 Å². The molecule has 1 aliphatic rings. The number of hydrogen-bond acceptors (Lipinski definition) is 8. The summed E-state index contributed by atoms with van der Waals surface area (Å²) in [6.07, 6.45) is 5.61. The first-order chi connectivity index (χ1) is 16.4. The van der Waals surface area contributed by atoms with Crippen molar-refractivity contribution in [3.63, 3.8) is 0 Å². The maximum absolute atomic E-state index is 13.3. The van der Waals surface area contributed by atoms with Crippen LogP contribution in [0.5, 0.6) is 28.7 Å². The van der Waals surface area contributed by atoms with E-state index in [-0.39, 0.29) is 23.7 Å². The van der Waals surface area contributed by atoms with Gasteiger partial charge >= 0.3 is 0 Å². The highest BCUT2D eigenvalue weighted by Gasteiger charge is 2.25. The number of ketones is 1. The largest absolute Gasteiger partial charge is 0.506 e. The van der Waals surface area contributed by atoms with E-state index in [1.807, 2.05) is 13.1 Å². The van der Waals surface area contributed by atoms with E-state index in [2.05, 4.69) is 4.90 Å². The Morgan fingerprint density at radius 3 is 2.32 bits per heavy atom. The van der Waals surface area contributed by atoms with Gasteiger partial charge in [-0.1, -0.05) is 6.08 Å². The third kappa shape index (κ3) is 4.88. The molecular formula is C26H31NO7. The summed E-state index contributed by atoms with van der Waals surface area (Å²) in [6.45, 7) is 1.23. The number of carbonyl (C=O) groups excluding carboxylic acids is 1. The molecule has 1 heterocycles. The van der Waals surface area contributed by atoms with E-state index in [4.69, 9.17) is 18.9 Å². The number of aliphatic hydroxyl groups excluding tert-OH is 1. The van der Waals surface area contributed by atoms with Gasteiger partial charge in [0.05, 0.1) is 35.0 Å². The minimum absolute atomic E-state index is 0.0326. The van der Waals surface area contributed by atoms with E-state index in [9.17, 15) is 15.0 Å². The van der Waals surface area contributed by atoms with Gasteiger partial charge in [0.25, 0.3) is 0 Å². The summed E-state index contributed by atoms with van der Waals surface area (Å²) in [5, 5.41) is 21.1. The van der Waals surface area contributed by atoms with Gasteiger partial charge in [-0.15, -0.1) is 0 Å². The van der Waals surface area contributed by atoms with E-state index in [0.717, 1.165) is 12.1 Å². The fraction of sp³-hybridized carbons (Fsp3) is 0.346. The topological polar surface area (TPSA) is 97.7 Å². The molecule has 8 nitrogen and oxygen atoms in total. The number of allylic oxidation sites excluding steroid dienone is 1. The molecule has 0 atom stereocenters. The minimum Gasteiger partial charge on any atom is -0.506 e. The van der Waals surface area contributed by atoms with Crippen molar-refractivity contribution in [1.82, 2.24) is 4.90 Å². The Morgan fingerprint density at radius 2 is 1.76 bits per heavy atom. The molecule has 2 aromatic rings. The SMILES string of the molecule is COc1ccc(C=CC(=O)c2c(OC)cc(CO)c(C3=CCN(C)CC3)c2O)c(OC)c1OC. The second-order valence-corrected chi connectivity index (χ2v) is 7.86. The number of phenolic OH excluding ortho intramolecular Hbond substituents is 1. The van der Waals surface area contributed by atoms with Crippen molar-refractivity contribution in [3.8, 4) is 28.7 Å². The lowest BCUT2D eigenvalue weighted by Gasteiger charge is -2.25. The molecule has 0 fully saturated rings. The van der Waals surface area contributed by atoms with Crippen LogP contribution in [0.15, 0.2) is 30.4 Å². The lowest BCUT2D eigenvalue weighted by atomic mass is 9.90. The molecule has 0 amide bonds. The van der Waals surface area contributed by atoms with Crippen LogP contribution in [0.1, 0.15) is 33.5 Å². The standard InChI is InChI=1S/C26H31NO7/c1-27-12-10-16(11-13-27)22-18(15-28)14-21(32-3)23(24(22)30)19(29)8-6-17-7-9-20(31-2)26(34-5)25(17)33-4/h6-10,14,28,30H,11-13,15H2,1-5H3. The van der Waals surface area contributed by atoms with E-state index < -0.39 is 5.78 Å². The molecule has 0 unspecified atom stereocenters. The number of phenols is 1. The maximum atomic E-state index is 13.3. The van der Waals surface area contributed by atoms with Crippen LogP contribution in [0.25, 0.3) is 11.6 Å². The Kier molecular flexibility index (Phi) is 8.20. The molecule has 0 bridgehead atoms. The summed E-state index contributed by atoms with van der Waals surface area (Å²) >= 11 is 0. The molecule has 0 saturated heterocycles. The van der Waals surface area contributed by atoms with Gasteiger partial charge in [0, 0.05) is 24.2 Å². The van der Waals surface area contributed by atoms with Gasteiger partial charge in [0.2, 0.25) is 5.75 Å². The number of carbonyl (C=O) groups is 1. The summed E-state index contributed by atoms with van der Waals surface area (Å²) in [4.78, 5) is 15.4. The first kappa shape index (κ1) is 25.1. The number of likely N-dealkylation sites (N-methyl/N-ethyl adjacent to an activating group) is 1. The highest BCUT2D eigenvalue weighted by Crippen LogP contribution is 2.42. The van der Waals surface area contributed by atoms with Crippen LogP contribution in [-0.4, -0.2) is 69.5 Å². The number of ether oxygens (including phenoxy) is 4. The summed E-state index contributed by atoms with van der Waals surface area (Å²) < 4.78 is 21.6. The van der Waals surface area contributed by atoms with Gasteiger partial charge in [-0.25, -0.2) is 0 Å². The minimum atomic E-state index is -0.453. The Bertz CT molecular complexity index is 1120. The zero-order valence-electron chi connectivity index (χ0n) is 20.2. The molecule has 0 saturated carbocycles. The second-order valence-electron chi connectivity index (χ2n) is 7.86. The van der Waals surface area contributed by atoms with Crippen LogP contribution >= 0.6 is 0 Å². The lowest BCUT2D eigenvalue weighted by Crippen LogP contribution is -2.24. The number of hydrogen-bond donors (Lipinski definition) is 2. The maximum Gasteiger partial charge on any atom is 0.203 e. The first-order valence-corrected chi connectivity index (χ1v) is 10.8. The highest BCUT2D eigenvalue weighted by atomic mass is 16.5. The Morgan fingerprint density at radius 1 is 1.06 bits per heavy atom. The molecule has 0 aliphatic carbocycles. The first-order valence-electron chi connectivity index (χ1n) is 10.8. The van der Waals surface area contributed by atoms with Gasteiger partial charge in [-0.05, 0) is 55.0 Å². The normalized spacial score (nSPS) is 14.1. The zero-order chi connectivity index (χ0) is 24.8. The van der Waals surface area contributed by atoms with Gasteiger partial charge in [0.15, 0.2) is 17.3 Å². The number of benzene rings is 2. The van der Waals surface area contributed by atoms with E-state index in [0.29, 0.717) is 46.9 Å². The van der Waals surface area contributed by atoms with Gasteiger partial charge in [0.1, 0.15) is 17.1 Å². The fourth-order valence-corrected chi connectivity index (χ4v) is 4.08. The van der Waals surface area contributed by atoms with Crippen molar-refractivity contribution in [2.24, 2.45) is 0 Å². The molecule has 3 rings (SSSR count). The molecule has 182 valence electrons. The van der Waals surface area contributed by atoms with Crippen LogP contribution in [0.4, 0.5) is 0 Å². The summed E-state index contributed by atoms with van der Waals surface area (Å²) in [7, 11) is 7.96. The van der Waals surface area contributed by atoms with Crippen LogP contribution in [0.3, 0.4) is 0 Å². The predicted octanol–water partition coefficient (Wildman–Crippen LogP) is 3.53. The molecule has 2 N–H and O–H groups in total. The van der Waals surface area contributed by atoms with Crippen molar-refractivity contribution < 1.29 is 34.0 Å². The van der Waals surface area contributed by atoms with Crippen molar-refractivity contribution in [2.75, 3.05) is 48.6 Å². The van der Waals surface area contributed by atoms with E-state index >= 15 is 0 Å². The van der Waals surface area contributed by atoms with Crippen molar-refractivity contribution in [2.45, 2.75) is 13.0 Å². The molecule has 8 heteroatoms. The second kappa shape index (κ2) is 11.1. The summed E-state index contributed by atoms with van der Waals surface area (Å²) in [5.74, 6) is 0.850. The average molecular weight is 470 g/mol. The zero-order valence-corrected chi connectivity index (χ0v) is 20.2. The molecule has 0 spiro atoms. The van der Waals surface area contributed by atoms with Crippen LogP contribution in [0, 0.1) is 0 Å². The Labute approximate surface area is 199 Å². The smallest absolute Gasteiger partial charge is 0.203 e. The summed E-state index contributed by atoms with van der Waals surface area (Å²) in [6, 6.07) is 5.06. The van der Waals surface area contributed by atoms with Gasteiger partial charge < -0.3 is 34.1 Å². The predicted molar refractivity (Wildman–Crippen MR) is 130 cm³/mol. The van der Waals surface area contributed by atoms with E-state index in [1.165, 1.54) is 34.5 Å². The third-order valence-electron chi connectivity index (χ3n) is 5.87. The van der Waals surface area contributed by atoms with Gasteiger partial charge in [-0.3, -0.25) is 4.79 Å². The Balaban J connectivity index is 2.07. The fourth-order valence-electron chi connectivity index (χ4n) is 4.08. The van der Waals surface area contributed by atoms with E-state index in [1.54, 1.807) is 24.3 Å². The van der Waals surface area contributed by atoms with Crippen LogP contribution < -0.4 is 18.9 Å². The van der Waals surface area contributed by atoms with Crippen molar-refractivity contribution in [1.29, 1.82) is 0 Å². The number of aliphatic hydroxyl groups is 1. The highest BCUT2D eigenvalue weighted by molar-refractivity contribution is 6.11. The molecule has 1 aliphatic heterocycles. The number of nitrogens with zero attached hydrogens (tertiary/aromatic N) is 1. The molecular weight excluding hydrogens is 438 g/mol. The monoisotopic (exact) mass is 469 g/mol. The molecule has 34 heavy (non-hydrogen) atoms. The quantitative estimate of drug-likeness (QED) is 0.425. The van der Waals surface area contributed by atoms with Crippen LogP contribution in [-0.2, 0) is 6.61 Å². The molecule has 0 aromatic heterocycles. The third-order valence-corrected chi connectivity index (χ3v) is 5.87. The van der Waals surface area contributed by atoms with Gasteiger partial charge in [-0.2, -0.15) is 0 Å². The molecule has 0 radical (unpaired) electrons. The number of rotatable bonds is 9. The number of methoxy groups -OCH3 is 4. The summed E-state index contributed by atoms with van der Waals surface area (Å²) in [5.41, 5.74) is 2.51. The molecule has 2 aromatic carbocycles. The number of aromatic hydroxyl groups is 1. The lowest BCUT2D eigenvalue weighted by molar-refractivity contribution is 0.104. The average Bonchev–Trinajstić information content (AvgIpc) is 2.86. The van der Waals surface area contributed by atoms with Crippen molar-refractivity contribution in [3.05, 3.63) is 52.6 Å². The Hall–Kier alpha value is -3.49. The van der Waals surface area contributed by atoms with Crippen molar-refractivity contribution >= 4 is 17.4 Å².